The van der Waals surface area contributed by atoms with Crippen LogP contribution in [0.25, 0.3) is 10.9 Å². The number of nitrogens with zero attached hydrogens (tertiary/aromatic N) is 1. The molecule has 0 fully saturated rings. The van der Waals surface area contributed by atoms with E-state index in [1.54, 1.807) is 13.0 Å². The van der Waals surface area contributed by atoms with Gasteiger partial charge in [-0.2, -0.15) is 0 Å². The van der Waals surface area contributed by atoms with Crippen molar-refractivity contribution in [2.24, 2.45) is 0 Å². The number of carbonyl (C=O) groups is 1. The van der Waals surface area contributed by atoms with Crippen molar-refractivity contribution in [1.82, 2.24) is 4.98 Å². The van der Waals surface area contributed by atoms with Gasteiger partial charge in [-0.3, -0.25) is 9.78 Å². The quantitative estimate of drug-likeness (QED) is 0.884. The maximum Gasteiger partial charge on any atom is 0.307 e. The Labute approximate surface area is 123 Å². The minimum Gasteiger partial charge on any atom is -0.481 e. The van der Waals surface area contributed by atoms with E-state index in [0.717, 1.165) is 6.42 Å². The van der Waals surface area contributed by atoms with Crippen molar-refractivity contribution in [3.8, 4) is 0 Å². The zero-order valence-corrected chi connectivity index (χ0v) is 12.4. The van der Waals surface area contributed by atoms with E-state index in [-0.39, 0.29) is 18.3 Å². The summed E-state index contributed by atoms with van der Waals surface area (Å²) in [6, 6.07) is 4.53. The third kappa shape index (κ3) is 3.29. The molecule has 0 aliphatic carbocycles. The summed E-state index contributed by atoms with van der Waals surface area (Å²) in [5.74, 6) is -1.29. The van der Waals surface area contributed by atoms with Crippen LogP contribution in [0.3, 0.4) is 0 Å². The SMILES string of the molecule is CCC(C)Nc1c(CC(=O)O)c(C)nc2ccc(F)cc12. The normalized spacial score (nSPS) is 12.4. The number of benzene rings is 1. The largest absolute Gasteiger partial charge is 0.481 e. The number of carboxylic acid groups (broad SMARTS) is 1. The minimum absolute atomic E-state index is 0.135. The van der Waals surface area contributed by atoms with E-state index in [9.17, 15) is 9.18 Å². The highest BCUT2D eigenvalue weighted by atomic mass is 19.1. The number of aryl methyl sites for hydroxylation is 1. The minimum atomic E-state index is -0.928. The fourth-order valence-corrected chi connectivity index (χ4v) is 2.28. The number of carboxylic acids is 1. The Balaban J connectivity index is 2.70. The first-order valence-corrected chi connectivity index (χ1v) is 6.99. The van der Waals surface area contributed by atoms with Gasteiger partial charge in [-0.15, -0.1) is 0 Å². The summed E-state index contributed by atoms with van der Waals surface area (Å²) >= 11 is 0. The fraction of sp³-hybridized carbons (Fsp3) is 0.375. The van der Waals surface area contributed by atoms with Crippen LogP contribution in [0.15, 0.2) is 18.2 Å². The third-order valence-corrected chi connectivity index (χ3v) is 3.59. The van der Waals surface area contributed by atoms with Crippen molar-refractivity contribution in [3.05, 3.63) is 35.3 Å². The second kappa shape index (κ2) is 6.08. The number of fused-ring (bicyclic) bond motifs is 1. The molecule has 0 amide bonds. The van der Waals surface area contributed by atoms with E-state index < -0.39 is 5.97 Å². The number of anilines is 1. The molecule has 1 aromatic carbocycles. The molecule has 0 saturated carbocycles. The number of pyridine rings is 1. The van der Waals surface area contributed by atoms with Crippen LogP contribution in [0.4, 0.5) is 10.1 Å². The van der Waals surface area contributed by atoms with E-state index in [2.05, 4.69) is 10.3 Å². The van der Waals surface area contributed by atoms with E-state index in [1.807, 2.05) is 13.8 Å². The molecule has 5 heteroatoms. The molecule has 2 N–H and O–H groups in total. The lowest BCUT2D eigenvalue weighted by molar-refractivity contribution is -0.136. The molecule has 1 unspecified atom stereocenters. The van der Waals surface area contributed by atoms with Gasteiger partial charge in [0.15, 0.2) is 0 Å². The van der Waals surface area contributed by atoms with Crippen LogP contribution in [0.2, 0.25) is 0 Å². The Kier molecular flexibility index (Phi) is 4.40. The van der Waals surface area contributed by atoms with Crippen molar-refractivity contribution >= 4 is 22.6 Å². The predicted molar refractivity (Wildman–Crippen MR) is 81.2 cm³/mol. The standard InChI is InChI=1S/C16H19FN2O2/c1-4-9(2)18-16-12(8-15(20)21)10(3)19-14-6-5-11(17)7-13(14)16/h5-7,9H,4,8H2,1-3H3,(H,18,19)(H,20,21). The number of aromatic nitrogens is 1. The Hall–Kier alpha value is -2.17. The van der Waals surface area contributed by atoms with Crippen LogP contribution < -0.4 is 5.32 Å². The van der Waals surface area contributed by atoms with Gasteiger partial charge in [0.1, 0.15) is 5.82 Å². The molecule has 2 rings (SSSR count). The van der Waals surface area contributed by atoms with Crippen LogP contribution in [0.5, 0.6) is 0 Å². The molecule has 1 atom stereocenters. The van der Waals surface area contributed by atoms with E-state index in [4.69, 9.17) is 5.11 Å². The van der Waals surface area contributed by atoms with Gasteiger partial charge in [0, 0.05) is 28.4 Å². The monoisotopic (exact) mass is 290 g/mol. The molecule has 0 saturated heterocycles. The molecule has 1 heterocycles. The fourth-order valence-electron chi connectivity index (χ4n) is 2.28. The van der Waals surface area contributed by atoms with E-state index >= 15 is 0 Å². The number of hydrogen-bond acceptors (Lipinski definition) is 3. The average Bonchev–Trinajstić information content (AvgIpc) is 2.42. The van der Waals surface area contributed by atoms with Crippen molar-refractivity contribution in [2.45, 2.75) is 39.7 Å². The first-order chi connectivity index (χ1) is 9.92. The second-order valence-electron chi connectivity index (χ2n) is 5.24. The predicted octanol–water partition coefficient (Wildman–Crippen LogP) is 3.52. The number of rotatable bonds is 5. The Bertz CT molecular complexity index is 686. The van der Waals surface area contributed by atoms with Crippen molar-refractivity contribution in [1.29, 1.82) is 0 Å². The zero-order chi connectivity index (χ0) is 15.6. The van der Waals surface area contributed by atoms with E-state index in [1.165, 1.54) is 12.1 Å². The number of halogens is 1. The summed E-state index contributed by atoms with van der Waals surface area (Å²) in [5.41, 5.74) is 2.60. The van der Waals surface area contributed by atoms with Crippen molar-refractivity contribution in [3.63, 3.8) is 0 Å². The van der Waals surface area contributed by atoms with Gasteiger partial charge in [0.05, 0.1) is 11.9 Å². The molecule has 4 nitrogen and oxygen atoms in total. The summed E-state index contributed by atoms with van der Waals surface area (Å²) < 4.78 is 13.6. The summed E-state index contributed by atoms with van der Waals surface area (Å²) in [4.78, 5) is 15.5. The number of nitrogens with one attached hydrogen (secondary N) is 1. The van der Waals surface area contributed by atoms with Crippen LogP contribution in [-0.2, 0) is 11.2 Å². The second-order valence-corrected chi connectivity index (χ2v) is 5.24. The van der Waals surface area contributed by atoms with Gasteiger partial charge in [-0.05, 0) is 38.5 Å². The smallest absolute Gasteiger partial charge is 0.307 e. The van der Waals surface area contributed by atoms with Crippen LogP contribution in [-0.4, -0.2) is 22.1 Å². The molecule has 0 aliphatic heterocycles. The van der Waals surface area contributed by atoms with Gasteiger partial charge in [-0.1, -0.05) is 6.92 Å². The number of aliphatic carboxylic acids is 1. The highest BCUT2D eigenvalue weighted by Crippen LogP contribution is 2.30. The third-order valence-electron chi connectivity index (χ3n) is 3.59. The first kappa shape index (κ1) is 15.2. The Morgan fingerprint density at radius 3 is 2.81 bits per heavy atom. The molecule has 0 bridgehead atoms. The van der Waals surface area contributed by atoms with E-state index in [0.29, 0.717) is 27.8 Å². The summed E-state index contributed by atoms with van der Waals surface area (Å²) in [5, 5.41) is 13.0. The summed E-state index contributed by atoms with van der Waals surface area (Å²) in [6.07, 6.45) is 0.745. The molecule has 2 aromatic rings. The molecule has 0 spiro atoms. The highest BCUT2D eigenvalue weighted by molar-refractivity contribution is 5.95. The lowest BCUT2D eigenvalue weighted by Crippen LogP contribution is -2.17. The maximum absolute atomic E-state index is 13.6. The summed E-state index contributed by atoms with van der Waals surface area (Å²) in [6.45, 7) is 5.82. The molecule has 0 radical (unpaired) electrons. The molecular formula is C16H19FN2O2. The van der Waals surface area contributed by atoms with Crippen LogP contribution >= 0.6 is 0 Å². The van der Waals surface area contributed by atoms with Gasteiger partial charge < -0.3 is 10.4 Å². The Morgan fingerprint density at radius 1 is 1.48 bits per heavy atom. The van der Waals surface area contributed by atoms with Crippen molar-refractivity contribution in [2.75, 3.05) is 5.32 Å². The highest BCUT2D eigenvalue weighted by Gasteiger charge is 2.17. The first-order valence-electron chi connectivity index (χ1n) is 6.99. The van der Waals surface area contributed by atoms with Crippen molar-refractivity contribution < 1.29 is 14.3 Å². The molecular weight excluding hydrogens is 271 g/mol. The van der Waals surface area contributed by atoms with Crippen LogP contribution in [0.1, 0.15) is 31.5 Å². The Morgan fingerprint density at radius 2 is 2.19 bits per heavy atom. The zero-order valence-electron chi connectivity index (χ0n) is 12.4. The topological polar surface area (TPSA) is 62.2 Å². The molecule has 0 aliphatic rings. The van der Waals surface area contributed by atoms with Gasteiger partial charge in [-0.25, -0.2) is 4.39 Å². The van der Waals surface area contributed by atoms with Crippen LogP contribution in [0, 0.1) is 12.7 Å². The van der Waals surface area contributed by atoms with Gasteiger partial charge in [0.25, 0.3) is 0 Å². The lowest BCUT2D eigenvalue weighted by atomic mass is 10.0. The lowest BCUT2D eigenvalue weighted by Gasteiger charge is -2.20. The molecule has 1 aromatic heterocycles. The average molecular weight is 290 g/mol. The molecule has 112 valence electrons. The molecule has 21 heavy (non-hydrogen) atoms. The maximum atomic E-state index is 13.6. The van der Waals surface area contributed by atoms with Gasteiger partial charge >= 0.3 is 5.97 Å². The van der Waals surface area contributed by atoms with Gasteiger partial charge in [0.2, 0.25) is 0 Å². The summed E-state index contributed by atoms with van der Waals surface area (Å²) in [7, 11) is 0. The number of hydrogen-bond donors (Lipinski definition) is 2.